The van der Waals surface area contributed by atoms with Crippen LogP contribution in [0.5, 0.6) is 0 Å². The molecule has 22 heavy (non-hydrogen) atoms. The first kappa shape index (κ1) is 13.9. The van der Waals surface area contributed by atoms with Gasteiger partial charge in [-0.05, 0) is 19.1 Å². The minimum Gasteiger partial charge on any atom is -0.325 e. The second kappa shape index (κ2) is 5.40. The lowest BCUT2D eigenvalue weighted by Gasteiger charge is -2.07. The van der Waals surface area contributed by atoms with E-state index in [1.54, 1.807) is 19.2 Å². The Labute approximate surface area is 125 Å². The minimum atomic E-state index is -0.392. The van der Waals surface area contributed by atoms with Crippen molar-refractivity contribution in [2.45, 2.75) is 13.5 Å². The molecule has 0 aliphatic rings. The molecule has 0 bridgehead atoms. The van der Waals surface area contributed by atoms with E-state index in [2.05, 4.69) is 20.6 Å². The van der Waals surface area contributed by atoms with E-state index in [9.17, 15) is 9.59 Å². The maximum atomic E-state index is 12.2. The van der Waals surface area contributed by atoms with Crippen LogP contribution >= 0.6 is 0 Å². The highest BCUT2D eigenvalue weighted by Gasteiger charge is 2.12. The Morgan fingerprint density at radius 2 is 2.00 bits per heavy atom. The molecule has 0 saturated heterocycles. The fourth-order valence-corrected chi connectivity index (χ4v) is 2.05. The number of hydrogen-bond acceptors (Lipinski definition) is 5. The highest BCUT2D eigenvalue weighted by molar-refractivity contribution is 5.90. The average Bonchev–Trinajstić information content (AvgIpc) is 2.87. The number of benzene rings is 1. The van der Waals surface area contributed by atoms with Crippen molar-refractivity contribution in [3.05, 3.63) is 46.5 Å². The normalized spacial score (nSPS) is 10.8. The van der Waals surface area contributed by atoms with Crippen LogP contribution < -0.4 is 10.9 Å². The molecule has 112 valence electrons. The van der Waals surface area contributed by atoms with Crippen LogP contribution in [0.2, 0.25) is 0 Å². The van der Waals surface area contributed by atoms with E-state index in [0.29, 0.717) is 11.3 Å². The van der Waals surface area contributed by atoms with Crippen LogP contribution in [0.1, 0.15) is 5.56 Å². The van der Waals surface area contributed by atoms with Gasteiger partial charge in [0.05, 0.1) is 0 Å². The van der Waals surface area contributed by atoms with E-state index in [1.165, 1.54) is 15.6 Å². The summed E-state index contributed by atoms with van der Waals surface area (Å²) in [5, 5.41) is 10.2. The molecule has 1 amide bonds. The summed E-state index contributed by atoms with van der Waals surface area (Å²) in [4.78, 5) is 28.3. The maximum Gasteiger partial charge on any atom is 0.283 e. The van der Waals surface area contributed by atoms with Gasteiger partial charge in [0.2, 0.25) is 5.91 Å². The first-order valence-electron chi connectivity index (χ1n) is 6.66. The maximum absolute atomic E-state index is 12.2. The number of carbonyl (C=O) groups excluding carboxylic acids is 1. The lowest BCUT2D eigenvalue weighted by molar-refractivity contribution is -0.116. The van der Waals surface area contributed by atoms with Gasteiger partial charge in [-0.25, -0.2) is 9.67 Å². The van der Waals surface area contributed by atoms with Gasteiger partial charge >= 0.3 is 0 Å². The second-order valence-electron chi connectivity index (χ2n) is 4.98. The van der Waals surface area contributed by atoms with Crippen molar-refractivity contribution in [3.8, 4) is 0 Å². The minimum absolute atomic E-state index is 0.133. The Hall–Kier alpha value is -3.03. The van der Waals surface area contributed by atoms with Gasteiger partial charge in [-0.3, -0.25) is 14.2 Å². The molecule has 1 aromatic carbocycles. The van der Waals surface area contributed by atoms with Gasteiger partial charge in [0.1, 0.15) is 12.9 Å². The molecular weight excluding hydrogens is 284 g/mol. The summed E-state index contributed by atoms with van der Waals surface area (Å²) < 4.78 is 2.62. The smallest absolute Gasteiger partial charge is 0.283 e. The third-order valence-corrected chi connectivity index (χ3v) is 3.23. The molecule has 0 spiro atoms. The van der Waals surface area contributed by atoms with E-state index < -0.39 is 5.56 Å². The van der Waals surface area contributed by atoms with Gasteiger partial charge in [-0.2, -0.15) is 0 Å². The number of amides is 1. The Bertz CT molecular complexity index is 894. The van der Waals surface area contributed by atoms with Gasteiger partial charge in [-0.15, -0.1) is 5.10 Å². The summed E-state index contributed by atoms with van der Waals surface area (Å²) in [6, 6.07) is 7.41. The number of rotatable bonds is 3. The quantitative estimate of drug-likeness (QED) is 0.758. The predicted octanol–water partition coefficient (Wildman–Crippen LogP) is 0.472. The van der Waals surface area contributed by atoms with E-state index in [0.717, 1.165) is 5.56 Å². The molecule has 0 fully saturated rings. The zero-order valence-corrected chi connectivity index (χ0v) is 12.1. The van der Waals surface area contributed by atoms with Crippen LogP contribution in [-0.2, 0) is 18.4 Å². The molecule has 0 atom stereocenters. The molecule has 8 heteroatoms. The molecule has 3 rings (SSSR count). The van der Waals surface area contributed by atoms with Crippen LogP contribution in [0, 0.1) is 6.92 Å². The van der Waals surface area contributed by atoms with E-state index in [-0.39, 0.29) is 18.0 Å². The molecular formula is C14H14N6O2. The van der Waals surface area contributed by atoms with Crippen LogP contribution in [-0.4, -0.2) is 30.5 Å². The topological polar surface area (TPSA) is 94.7 Å². The van der Waals surface area contributed by atoms with Crippen molar-refractivity contribution < 1.29 is 4.79 Å². The predicted molar refractivity (Wildman–Crippen MR) is 80.4 cm³/mol. The zero-order chi connectivity index (χ0) is 15.7. The lowest BCUT2D eigenvalue weighted by Crippen LogP contribution is -2.28. The molecule has 1 N–H and O–H groups in total. The van der Waals surface area contributed by atoms with Gasteiger partial charge in [0.15, 0.2) is 11.2 Å². The van der Waals surface area contributed by atoms with Crippen molar-refractivity contribution in [2.75, 3.05) is 5.32 Å². The Morgan fingerprint density at radius 1 is 1.27 bits per heavy atom. The number of fused-ring (bicyclic) bond motifs is 1. The fraction of sp³-hybridized carbons (Fsp3) is 0.214. The highest BCUT2D eigenvalue weighted by atomic mass is 16.2. The summed E-state index contributed by atoms with van der Waals surface area (Å²) in [6.07, 6.45) is 1.32. The molecule has 0 radical (unpaired) electrons. The summed E-state index contributed by atoms with van der Waals surface area (Å²) in [5.74, 6) is -0.309. The molecule has 3 aromatic rings. The number of nitrogens with zero attached hydrogens (tertiary/aromatic N) is 5. The molecule has 0 aliphatic heterocycles. The monoisotopic (exact) mass is 298 g/mol. The van der Waals surface area contributed by atoms with Gasteiger partial charge < -0.3 is 5.32 Å². The van der Waals surface area contributed by atoms with Crippen molar-refractivity contribution >= 4 is 22.8 Å². The van der Waals surface area contributed by atoms with Gasteiger partial charge in [0, 0.05) is 12.7 Å². The molecule has 2 aromatic heterocycles. The summed E-state index contributed by atoms with van der Waals surface area (Å²) in [7, 11) is 1.65. The zero-order valence-electron chi connectivity index (χ0n) is 12.1. The van der Waals surface area contributed by atoms with Gasteiger partial charge in [-0.1, -0.05) is 22.9 Å². The number of anilines is 1. The Kier molecular flexibility index (Phi) is 3.42. The van der Waals surface area contributed by atoms with Crippen molar-refractivity contribution in [3.63, 3.8) is 0 Å². The van der Waals surface area contributed by atoms with E-state index >= 15 is 0 Å². The molecule has 0 aliphatic carbocycles. The number of hydrogen-bond donors (Lipinski definition) is 1. The van der Waals surface area contributed by atoms with Crippen LogP contribution in [0.25, 0.3) is 11.2 Å². The highest BCUT2D eigenvalue weighted by Crippen LogP contribution is 2.08. The van der Waals surface area contributed by atoms with Crippen LogP contribution in [0.4, 0.5) is 5.69 Å². The molecule has 2 heterocycles. The molecule has 0 saturated carbocycles. The number of nitrogens with one attached hydrogen (secondary N) is 1. The van der Waals surface area contributed by atoms with Crippen molar-refractivity contribution in [1.82, 2.24) is 24.5 Å². The van der Waals surface area contributed by atoms with E-state index in [4.69, 9.17) is 0 Å². The van der Waals surface area contributed by atoms with Crippen molar-refractivity contribution in [2.24, 2.45) is 7.05 Å². The standard InChI is InChI=1S/C14H14N6O2/c1-9-3-5-10(6-4-9)16-11(21)7-20-8-15-13-12(14(20)22)17-18-19(13)2/h3-6,8H,7H2,1-2H3,(H,16,21). The third kappa shape index (κ3) is 2.58. The summed E-state index contributed by atoms with van der Waals surface area (Å²) in [5.41, 5.74) is 1.93. The van der Waals surface area contributed by atoms with E-state index in [1.807, 2.05) is 19.1 Å². The third-order valence-electron chi connectivity index (χ3n) is 3.23. The van der Waals surface area contributed by atoms with Crippen LogP contribution in [0.3, 0.4) is 0 Å². The van der Waals surface area contributed by atoms with Crippen molar-refractivity contribution in [1.29, 1.82) is 0 Å². The number of aromatic nitrogens is 5. The first-order chi connectivity index (χ1) is 10.5. The van der Waals surface area contributed by atoms with Crippen LogP contribution in [0.15, 0.2) is 35.4 Å². The summed E-state index contributed by atoms with van der Waals surface area (Å²) in [6.45, 7) is 1.83. The lowest BCUT2D eigenvalue weighted by atomic mass is 10.2. The molecule has 0 unspecified atom stereocenters. The van der Waals surface area contributed by atoms with Gasteiger partial charge in [0.25, 0.3) is 5.56 Å². The SMILES string of the molecule is Cc1ccc(NC(=O)Cn2cnc3c(nnn3C)c2=O)cc1. The number of carbonyl (C=O) groups is 1. The average molecular weight is 298 g/mol. The first-order valence-corrected chi connectivity index (χ1v) is 6.66. The summed E-state index contributed by atoms with van der Waals surface area (Å²) >= 11 is 0. The molecule has 8 nitrogen and oxygen atoms in total. The number of aryl methyl sites for hydroxylation is 2. The second-order valence-corrected chi connectivity index (χ2v) is 4.98. The Balaban J connectivity index is 1.80. The Morgan fingerprint density at radius 3 is 2.73 bits per heavy atom. The largest absolute Gasteiger partial charge is 0.325 e. The fourth-order valence-electron chi connectivity index (χ4n) is 2.05.